The Morgan fingerprint density at radius 2 is 1.84 bits per heavy atom. The SMILES string of the molecule is CN(C)c1cccc(Oc2ccc(CO)c(Cl)c2)c1. The van der Waals surface area contributed by atoms with Crippen LogP contribution in [0.2, 0.25) is 5.02 Å². The minimum atomic E-state index is -0.0742. The van der Waals surface area contributed by atoms with E-state index in [4.69, 9.17) is 21.4 Å². The van der Waals surface area contributed by atoms with Crippen molar-refractivity contribution in [1.82, 2.24) is 0 Å². The van der Waals surface area contributed by atoms with Crippen LogP contribution < -0.4 is 9.64 Å². The van der Waals surface area contributed by atoms with Crippen LogP contribution in [0.5, 0.6) is 11.5 Å². The van der Waals surface area contributed by atoms with Crippen molar-refractivity contribution < 1.29 is 9.84 Å². The van der Waals surface area contributed by atoms with Crippen LogP contribution in [-0.2, 0) is 6.61 Å². The molecule has 0 spiro atoms. The monoisotopic (exact) mass is 277 g/mol. The van der Waals surface area contributed by atoms with Gasteiger partial charge in [0, 0.05) is 30.9 Å². The molecule has 0 radical (unpaired) electrons. The number of hydrogen-bond acceptors (Lipinski definition) is 3. The van der Waals surface area contributed by atoms with Crippen molar-refractivity contribution in [3.63, 3.8) is 0 Å². The Morgan fingerprint density at radius 3 is 2.47 bits per heavy atom. The van der Waals surface area contributed by atoms with Crippen LogP contribution in [0.4, 0.5) is 5.69 Å². The van der Waals surface area contributed by atoms with Crippen molar-refractivity contribution in [3.05, 3.63) is 53.1 Å². The van der Waals surface area contributed by atoms with Gasteiger partial charge in [0.05, 0.1) is 6.61 Å². The Labute approximate surface area is 118 Å². The van der Waals surface area contributed by atoms with Crippen molar-refractivity contribution in [3.8, 4) is 11.5 Å². The Balaban J connectivity index is 2.21. The molecule has 0 fully saturated rings. The number of ether oxygens (including phenoxy) is 1. The summed E-state index contributed by atoms with van der Waals surface area (Å²) in [4.78, 5) is 2.01. The lowest BCUT2D eigenvalue weighted by Crippen LogP contribution is -2.08. The summed E-state index contributed by atoms with van der Waals surface area (Å²) in [5.41, 5.74) is 1.76. The second kappa shape index (κ2) is 5.95. The van der Waals surface area contributed by atoms with Crippen molar-refractivity contribution in [2.75, 3.05) is 19.0 Å². The summed E-state index contributed by atoms with van der Waals surface area (Å²) in [5.74, 6) is 1.40. The molecule has 0 aliphatic carbocycles. The van der Waals surface area contributed by atoms with E-state index in [2.05, 4.69) is 0 Å². The third kappa shape index (κ3) is 3.40. The molecule has 0 saturated heterocycles. The molecule has 19 heavy (non-hydrogen) atoms. The Bertz CT molecular complexity index is 570. The van der Waals surface area contributed by atoms with Gasteiger partial charge < -0.3 is 14.7 Å². The van der Waals surface area contributed by atoms with Gasteiger partial charge in [-0.05, 0) is 29.8 Å². The van der Waals surface area contributed by atoms with Crippen LogP contribution in [-0.4, -0.2) is 19.2 Å². The minimum Gasteiger partial charge on any atom is -0.457 e. The second-order valence-corrected chi connectivity index (χ2v) is 4.81. The summed E-state index contributed by atoms with van der Waals surface area (Å²) in [6.07, 6.45) is 0. The van der Waals surface area contributed by atoms with E-state index < -0.39 is 0 Å². The zero-order chi connectivity index (χ0) is 13.8. The van der Waals surface area contributed by atoms with Gasteiger partial charge in [-0.1, -0.05) is 23.7 Å². The van der Waals surface area contributed by atoms with Gasteiger partial charge in [0.15, 0.2) is 0 Å². The lowest BCUT2D eigenvalue weighted by atomic mass is 10.2. The highest BCUT2D eigenvalue weighted by Gasteiger charge is 2.04. The fraction of sp³-hybridized carbons (Fsp3) is 0.200. The Hall–Kier alpha value is -1.71. The standard InChI is InChI=1S/C15H16ClNO2/c1-17(2)12-4-3-5-13(8-12)19-14-7-6-11(10-18)15(16)9-14/h3-9,18H,10H2,1-2H3. The van der Waals surface area contributed by atoms with Crippen LogP contribution in [0.15, 0.2) is 42.5 Å². The number of halogens is 1. The van der Waals surface area contributed by atoms with Gasteiger partial charge in [0.1, 0.15) is 11.5 Å². The average Bonchev–Trinajstić information content (AvgIpc) is 2.39. The number of nitrogens with zero attached hydrogens (tertiary/aromatic N) is 1. The predicted octanol–water partition coefficient (Wildman–Crippen LogP) is 3.69. The Morgan fingerprint density at radius 1 is 1.11 bits per heavy atom. The molecule has 2 rings (SSSR count). The van der Waals surface area contributed by atoms with Crippen molar-refractivity contribution in [2.45, 2.75) is 6.61 Å². The van der Waals surface area contributed by atoms with E-state index in [0.29, 0.717) is 16.3 Å². The number of aliphatic hydroxyl groups is 1. The number of anilines is 1. The van der Waals surface area contributed by atoms with E-state index in [0.717, 1.165) is 11.4 Å². The van der Waals surface area contributed by atoms with Crippen LogP contribution in [0.3, 0.4) is 0 Å². The third-order valence-corrected chi connectivity index (χ3v) is 3.12. The molecular weight excluding hydrogens is 262 g/mol. The first-order valence-corrected chi connectivity index (χ1v) is 6.32. The van der Waals surface area contributed by atoms with Crippen LogP contribution in [0.1, 0.15) is 5.56 Å². The first kappa shape index (κ1) is 13.7. The summed E-state index contributed by atoms with van der Waals surface area (Å²) in [6, 6.07) is 13.0. The van der Waals surface area contributed by atoms with Gasteiger partial charge in [-0.25, -0.2) is 0 Å². The highest BCUT2D eigenvalue weighted by molar-refractivity contribution is 6.31. The van der Waals surface area contributed by atoms with Gasteiger partial charge in [0.2, 0.25) is 0 Å². The molecule has 0 aliphatic rings. The molecular formula is C15H16ClNO2. The smallest absolute Gasteiger partial charge is 0.129 e. The minimum absolute atomic E-state index is 0.0742. The van der Waals surface area contributed by atoms with Gasteiger partial charge >= 0.3 is 0 Å². The molecule has 0 bridgehead atoms. The van der Waals surface area contributed by atoms with E-state index in [1.165, 1.54) is 0 Å². The summed E-state index contributed by atoms with van der Waals surface area (Å²) >= 11 is 6.03. The quantitative estimate of drug-likeness (QED) is 0.925. The van der Waals surface area contributed by atoms with Gasteiger partial charge in [-0.15, -0.1) is 0 Å². The van der Waals surface area contributed by atoms with Gasteiger partial charge in [-0.2, -0.15) is 0 Å². The summed E-state index contributed by atoms with van der Waals surface area (Å²) in [7, 11) is 3.96. The largest absolute Gasteiger partial charge is 0.457 e. The van der Waals surface area contributed by atoms with E-state index in [1.54, 1.807) is 18.2 Å². The van der Waals surface area contributed by atoms with Crippen molar-refractivity contribution >= 4 is 17.3 Å². The first-order valence-electron chi connectivity index (χ1n) is 5.94. The summed E-state index contributed by atoms with van der Waals surface area (Å²) in [6.45, 7) is -0.0742. The normalized spacial score (nSPS) is 10.3. The molecule has 0 heterocycles. The average molecular weight is 278 g/mol. The molecule has 0 unspecified atom stereocenters. The third-order valence-electron chi connectivity index (χ3n) is 2.76. The lowest BCUT2D eigenvalue weighted by molar-refractivity contribution is 0.282. The molecule has 0 aliphatic heterocycles. The Kier molecular flexibility index (Phi) is 4.30. The number of hydrogen-bond donors (Lipinski definition) is 1. The maximum absolute atomic E-state index is 9.07. The fourth-order valence-corrected chi connectivity index (χ4v) is 1.91. The molecule has 4 heteroatoms. The molecule has 2 aromatic carbocycles. The summed E-state index contributed by atoms with van der Waals surface area (Å²) in [5, 5.41) is 9.57. The molecule has 0 aromatic heterocycles. The zero-order valence-electron chi connectivity index (χ0n) is 10.9. The topological polar surface area (TPSA) is 32.7 Å². The maximum atomic E-state index is 9.07. The molecule has 0 saturated carbocycles. The van der Waals surface area contributed by atoms with Crippen LogP contribution in [0, 0.1) is 0 Å². The van der Waals surface area contributed by atoms with E-state index in [1.807, 2.05) is 43.3 Å². The van der Waals surface area contributed by atoms with Gasteiger partial charge in [0.25, 0.3) is 0 Å². The zero-order valence-corrected chi connectivity index (χ0v) is 11.7. The van der Waals surface area contributed by atoms with Crippen LogP contribution >= 0.6 is 11.6 Å². The van der Waals surface area contributed by atoms with Crippen molar-refractivity contribution in [2.24, 2.45) is 0 Å². The highest BCUT2D eigenvalue weighted by Crippen LogP contribution is 2.28. The molecule has 100 valence electrons. The fourth-order valence-electron chi connectivity index (χ4n) is 1.68. The summed E-state index contributed by atoms with van der Waals surface area (Å²) < 4.78 is 5.76. The maximum Gasteiger partial charge on any atom is 0.129 e. The second-order valence-electron chi connectivity index (χ2n) is 4.41. The number of rotatable bonds is 4. The predicted molar refractivity (Wildman–Crippen MR) is 78.2 cm³/mol. The number of benzene rings is 2. The molecule has 3 nitrogen and oxygen atoms in total. The highest BCUT2D eigenvalue weighted by atomic mass is 35.5. The molecule has 0 atom stereocenters. The molecule has 1 N–H and O–H groups in total. The van der Waals surface area contributed by atoms with Gasteiger partial charge in [-0.3, -0.25) is 0 Å². The lowest BCUT2D eigenvalue weighted by Gasteiger charge is -2.14. The van der Waals surface area contributed by atoms with E-state index in [9.17, 15) is 0 Å². The van der Waals surface area contributed by atoms with E-state index >= 15 is 0 Å². The first-order chi connectivity index (χ1) is 9.10. The van der Waals surface area contributed by atoms with E-state index in [-0.39, 0.29) is 6.61 Å². The van der Waals surface area contributed by atoms with Crippen LogP contribution in [0.25, 0.3) is 0 Å². The number of aliphatic hydroxyl groups excluding tert-OH is 1. The molecule has 0 amide bonds. The van der Waals surface area contributed by atoms with Crippen molar-refractivity contribution in [1.29, 1.82) is 0 Å². The molecule has 2 aromatic rings.